The molecule has 192 valence electrons. The number of methoxy groups -OCH3 is 1. The van der Waals surface area contributed by atoms with Gasteiger partial charge in [-0.3, -0.25) is 14.4 Å². The molecule has 3 rings (SSSR count). The Kier molecular flexibility index (Phi) is 9.07. The lowest BCUT2D eigenvalue weighted by Crippen LogP contribution is -2.38. The second-order valence-corrected chi connectivity index (χ2v) is 7.96. The summed E-state index contributed by atoms with van der Waals surface area (Å²) in [4.78, 5) is 35.8. The Morgan fingerprint density at radius 1 is 1.16 bits per heavy atom. The van der Waals surface area contributed by atoms with Crippen molar-refractivity contribution in [2.24, 2.45) is 0 Å². The highest BCUT2D eigenvalue weighted by Gasteiger charge is 2.18. The Morgan fingerprint density at radius 3 is 2.51 bits per heavy atom. The topological polar surface area (TPSA) is 131 Å². The maximum atomic E-state index is 14.3. The van der Waals surface area contributed by atoms with Crippen LogP contribution in [0.3, 0.4) is 0 Å². The minimum absolute atomic E-state index is 0.0840. The van der Waals surface area contributed by atoms with Crippen molar-refractivity contribution < 1.29 is 37.5 Å². The number of nitrogens with zero attached hydrogens (tertiary/aromatic N) is 1. The number of carbonyl (C=O) groups is 3. The molecule has 37 heavy (non-hydrogen) atoms. The van der Waals surface area contributed by atoms with Gasteiger partial charge < -0.3 is 25.0 Å². The van der Waals surface area contributed by atoms with Crippen molar-refractivity contribution in [1.82, 2.24) is 10.5 Å². The normalized spacial score (nSPS) is 11.2. The Bertz CT molecular complexity index is 1350. The highest BCUT2D eigenvalue weighted by Crippen LogP contribution is 2.18. The fraction of sp³-hybridized carbons (Fsp3) is 0.231. The second kappa shape index (κ2) is 12.4. The molecule has 9 nitrogen and oxygen atoms in total. The first kappa shape index (κ1) is 27.0. The average Bonchev–Trinajstić information content (AvgIpc) is 3.31. The first-order chi connectivity index (χ1) is 17.7. The van der Waals surface area contributed by atoms with E-state index in [-0.39, 0.29) is 17.7 Å². The van der Waals surface area contributed by atoms with Crippen LogP contribution in [0.1, 0.15) is 32.9 Å². The zero-order valence-corrected chi connectivity index (χ0v) is 19.9. The van der Waals surface area contributed by atoms with E-state index in [2.05, 4.69) is 32.4 Å². The first-order valence-electron chi connectivity index (χ1n) is 11.0. The molecule has 11 heteroatoms. The molecule has 1 heterocycles. The van der Waals surface area contributed by atoms with Crippen LogP contribution < -0.4 is 10.6 Å². The van der Waals surface area contributed by atoms with Crippen LogP contribution in [0, 0.1) is 30.4 Å². The maximum absolute atomic E-state index is 14.3. The minimum Gasteiger partial charge on any atom is -0.469 e. The van der Waals surface area contributed by atoms with Gasteiger partial charge in [0.05, 0.1) is 26.2 Å². The van der Waals surface area contributed by atoms with E-state index in [0.717, 1.165) is 19.2 Å². The van der Waals surface area contributed by atoms with Gasteiger partial charge in [-0.25, -0.2) is 8.78 Å². The summed E-state index contributed by atoms with van der Waals surface area (Å²) in [6.45, 7) is 1.15. The molecule has 0 unspecified atom stereocenters. The summed E-state index contributed by atoms with van der Waals surface area (Å²) in [6, 6.07) is 9.12. The van der Waals surface area contributed by atoms with Gasteiger partial charge in [-0.2, -0.15) is 0 Å². The molecule has 0 bridgehead atoms. The second-order valence-electron chi connectivity index (χ2n) is 7.96. The van der Waals surface area contributed by atoms with Gasteiger partial charge in [0.25, 0.3) is 11.8 Å². The van der Waals surface area contributed by atoms with Gasteiger partial charge in [0.15, 0.2) is 5.69 Å². The van der Waals surface area contributed by atoms with Crippen LogP contribution in [-0.2, 0) is 27.2 Å². The van der Waals surface area contributed by atoms with Crippen LogP contribution in [-0.4, -0.2) is 47.8 Å². The Balaban J connectivity index is 1.62. The standard InChI is InChI=1S/C26H23F2N3O6/c1-15-8-23(31-37-15)26(35)30-18-5-3-4-16(9-18)6-7-24(33)29-19(14-32)10-17-11-21(27)20(22(28)12-17)13-25(34)36-2/h3-5,8-9,11-12,19,32H,10,13-14H2,1-2H3,(H,29,33)(H,30,35)/t19-/m0/s1. The summed E-state index contributed by atoms with van der Waals surface area (Å²) in [5.41, 5.74) is 0.699. The minimum atomic E-state index is -0.936. The molecular formula is C26H23F2N3O6. The Labute approximate surface area is 210 Å². The zero-order valence-electron chi connectivity index (χ0n) is 19.9. The molecule has 0 aliphatic carbocycles. The number of anilines is 1. The number of nitrogens with one attached hydrogen (secondary N) is 2. The third-order valence-electron chi connectivity index (χ3n) is 5.09. The number of ether oxygens (including phenoxy) is 1. The van der Waals surface area contributed by atoms with Crippen molar-refractivity contribution in [2.45, 2.75) is 25.8 Å². The predicted molar refractivity (Wildman–Crippen MR) is 127 cm³/mol. The van der Waals surface area contributed by atoms with Crippen molar-refractivity contribution in [2.75, 3.05) is 19.0 Å². The number of rotatable bonds is 8. The molecule has 0 fully saturated rings. The maximum Gasteiger partial charge on any atom is 0.310 e. The Morgan fingerprint density at radius 2 is 1.89 bits per heavy atom. The molecule has 1 aromatic heterocycles. The van der Waals surface area contributed by atoms with E-state index in [1.54, 1.807) is 31.2 Å². The van der Waals surface area contributed by atoms with Gasteiger partial charge >= 0.3 is 5.97 Å². The smallest absolute Gasteiger partial charge is 0.310 e. The lowest BCUT2D eigenvalue weighted by molar-refractivity contribution is -0.139. The molecule has 3 N–H and O–H groups in total. The van der Waals surface area contributed by atoms with Gasteiger partial charge in [-0.1, -0.05) is 17.1 Å². The number of aliphatic hydroxyl groups excluding tert-OH is 1. The third-order valence-corrected chi connectivity index (χ3v) is 5.09. The summed E-state index contributed by atoms with van der Waals surface area (Å²) >= 11 is 0. The number of aryl methyl sites for hydroxylation is 1. The molecular weight excluding hydrogens is 488 g/mol. The van der Waals surface area contributed by atoms with Crippen LogP contribution in [0.4, 0.5) is 14.5 Å². The van der Waals surface area contributed by atoms with E-state index in [1.165, 1.54) is 6.07 Å². The third kappa shape index (κ3) is 7.71. The lowest BCUT2D eigenvalue weighted by Gasteiger charge is -2.15. The lowest BCUT2D eigenvalue weighted by atomic mass is 10.0. The number of benzene rings is 2. The van der Waals surface area contributed by atoms with Gasteiger partial charge in [0.1, 0.15) is 17.4 Å². The highest BCUT2D eigenvalue weighted by atomic mass is 19.1. The van der Waals surface area contributed by atoms with E-state index >= 15 is 0 Å². The van der Waals surface area contributed by atoms with Crippen LogP contribution in [0.25, 0.3) is 0 Å². The van der Waals surface area contributed by atoms with Gasteiger partial charge in [-0.15, -0.1) is 0 Å². The van der Waals surface area contributed by atoms with Crippen LogP contribution >= 0.6 is 0 Å². The average molecular weight is 511 g/mol. The number of carbonyl (C=O) groups excluding carboxylic acids is 3. The number of hydrogen-bond donors (Lipinski definition) is 3. The van der Waals surface area contributed by atoms with E-state index in [9.17, 15) is 28.3 Å². The van der Waals surface area contributed by atoms with E-state index in [0.29, 0.717) is 17.0 Å². The quantitative estimate of drug-likeness (QED) is 0.313. The van der Waals surface area contributed by atoms with Crippen molar-refractivity contribution in [3.63, 3.8) is 0 Å². The number of aliphatic hydroxyl groups is 1. The molecule has 0 spiro atoms. The summed E-state index contributed by atoms with van der Waals surface area (Å²) in [7, 11) is 1.11. The number of esters is 1. The summed E-state index contributed by atoms with van der Waals surface area (Å²) in [6.07, 6.45) is -0.645. The largest absolute Gasteiger partial charge is 0.469 e. The van der Waals surface area contributed by atoms with Crippen molar-refractivity contribution in [1.29, 1.82) is 0 Å². The van der Waals surface area contributed by atoms with Crippen molar-refractivity contribution in [3.8, 4) is 11.8 Å². The number of amides is 2. The van der Waals surface area contributed by atoms with Crippen LogP contribution in [0.2, 0.25) is 0 Å². The first-order valence-corrected chi connectivity index (χ1v) is 11.0. The van der Waals surface area contributed by atoms with E-state index < -0.39 is 54.1 Å². The summed E-state index contributed by atoms with van der Waals surface area (Å²) < 4.78 is 37.9. The Hall–Kier alpha value is -4.56. The highest BCUT2D eigenvalue weighted by molar-refractivity contribution is 6.03. The van der Waals surface area contributed by atoms with Crippen molar-refractivity contribution >= 4 is 23.5 Å². The van der Waals surface area contributed by atoms with Crippen molar-refractivity contribution in [3.05, 3.63) is 82.2 Å². The molecule has 0 saturated heterocycles. The number of halogens is 2. The van der Waals surface area contributed by atoms with Crippen LogP contribution in [0.15, 0.2) is 47.0 Å². The number of aromatic nitrogens is 1. The van der Waals surface area contributed by atoms with E-state index in [4.69, 9.17) is 4.52 Å². The molecule has 3 aromatic rings. The van der Waals surface area contributed by atoms with Gasteiger partial charge in [0, 0.05) is 28.8 Å². The molecule has 0 aliphatic rings. The summed E-state index contributed by atoms with van der Waals surface area (Å²) in [5, 5.41) is 18.4. The van der Waals surface area contributed by atoms with Gasteiger partial charge in [0.2, 0.25) is 0 Å². The monoisotopic (exact) mass is 511 g/mol. The van der Waals surface area contributed by atoms with Gasteiger partial charge in [-0.05, 0) is 49.2 Å². The molecule has 2 aromatic carbocycles. The van der Waals surface area contributed by atoms with Crippen LogP contribution in [0.5, 0.6) is 0 Å². The molecule has 0 radical (unpaired) electrons. The zero-order chi connectivity index (χ0) is 26.9. The SMILES string of the molecule is COC(=O)Cc1c(F)cc(C[C@@H](CO)NC(=O)C#Cc2cccc(NC(=O)c3cc(C)on3)c2)cc1F. The molecule has 2 amide bonds. The number of hydrogen-bond acceptors (Lipinski definition) is 7. The molecule has 0 aliphatic heterocycles. The molecule has 0 saturated carbocycles. The predicted octanol–water partition coefficient (Wildman–Crippen LogP) is 2.30. The fourth-order valence-electron chi connectivity index (χ4n) is 3.30. The molecule has 1 atom stereocenters. The fourth-order valence-corrected chi connectivity index (χ4v) is 3.30. The van der Waals surface area contributed by atoms with E-state index in [1.807, 2.05) is 0 Å². The summed E-state index contributed by atoms with van der Waals surface area (Å²) in [5.74, 6) is 1.65.